The van der Waals surface area contributed by atoms with Crippen LogP contribution in [0.1, 0.15) is 15.9 Å². The minimum Gasteiger partial charge on any atom is -0.508 e. The molecule has 0 aliphatic rings. The number of thiazole rings is 1. The first-order valence-corrected chi connectivity index (χ1v) is 7.88. The van der Waals surface area contributed by atoms with E-state index in [2.05, 4.69) is 15.8 Å². The van der Waals surface area contributed by atoms with Crippen LogP contribution in [0.4, 0.5) is 5.13 Å². The van der Waals surface area contributed by atoms with Crippen LogP contribution in [0.15, 0.2) is 53.9 Å². The lowest BCUT2D eigenvalue weighted by atomic mass is 10.1. The van der Waals surface area contributed by atoms with Gasteiger partial charge in [0, 0.05) is 16.5 Å². The number of hydrogen-bond acceptors (Lipinski definition) is 5. The van der Waals surface area contributed by atoms with Gasteiger partial charge in [-0.3, -0.25) is 15.6 Å². The summed E-state index contributed by atoms with van der Waals surface area (Å²) < 4.78 is 0. The molecule has 116 valence electrons. The van der Waals surface area contributed by atoms with Crippen molar-refractivity contribution in [1.29, 1.82) is 0 Å². The molecule has 1 aromatic heterocycles. The fourth-order valence-corrected chi connectivity index (χ4v) is 2.66. The number of phenols is 1. The third-order valence-electron chi connectivity index (χ3n) is 3.26. The van der Waals surface area contributed by atoms with Crippen LogP contribution in [-0.4, -0.2) is 16.0 Å². The molecule has 0 bridgehead atoms. The topological polar surface area (TPSA) is 74.2 Å². The van der Waals surface area contributed by atoms with E-state index in [1.54, 1.807) is 36.4 Å². The van der Waals surface area contributed by atoms with Gasteiger partial charge in [0.1, 0.15) is 5.75 Å². The molecule has 1 amide bonds. The number of hydrazine groups is 1. The number of aromatic nitrogens is 1. The number of aryl methyl sites for hydroxylation is 1. The minimum absolute atomic E-state index is 0.215. The van der Waals surface area contributed by atoms with Crippen molar-refractivity contribution in [2.24, 2.45) is 0 Å². The van der Waals surface area contributed by atoms with Crippen LogP contribution in [0.25, 0.3) is 11.3 Å². The molecule has 0 spiro atoms. The zero-order chi connectivity index (χ0) is 16.2. The Balaban J connectivity index is 1.64. The van der Waals surface area contributed by atoms with Crippen LogP contribution in [-0.2, 0) is 0 Å². The Kier molecular flexibility index (Phi) is 4.25. The molecule has 0 radical (unpaired) electrons. The normalized spacial score (nSPS) is 10.3. The summed E-state index contributed by atoms with van der Waals surface area (Å²) in [5.41, 5.74) is 8.81. The zero-order valence-corrected chi connectivity index (χ0v) is 13.2. The smallest absolute Gasteiger partial charge is 0.269 e. The second kappa shape index (κ2) is 6.50. The largest absolute Gasteiger partial charge is 0.508 e. The molecule has 3 aromatic rings. The number of anilines is 1. The molecule has 0 fully saturated rings. The van der Waals surface area contributed by atoms with Gasteiger partial charge in [-0.05, 0) is 43.3 Å². The Morgan fingerprint density at radius 3 is 2.48 bits per heavy atom. The Morgan fingerprint density at radius 2 is 1.78 bits per heavy atom. The third-order valence-corrected chi connectivity index (χ3v) is 4.02. The van der Waals surface area contributed by atoms with E-state index < -0.39 is 0 Å². The number of phenolic OH excluding ortho intramolecular Hbond substituents is 1. The summed E-state index contributed by atoms with van der Waals surface area (Å²) in [4.78, 5) is 16.4. The van der Waals surface area contributed by atoms with Crippen molar-refractivity contribution in [3.8, 4) is 17.0 Å². The fraction of sp³-hybridized carbons (Fsp3) is 0.0588. The lowest BCUT2D eigenvalue weighted by Crippen LogP contribution is -2.29. The van der Waals surface area contributed by atoms with Crippen LogP contribution in [0.5, 0.6) is 5.75 Å². The third kappa shape index (κ3) is 3.67. The van der Waals surface area contributed by atoms with E-state index in [1.165, 1.54) is 11.3 Å². The summed E-state index contributed by atoms with van der Waals surface area (Å²) in [6.07, 6.45) is 0. The summed E-state index contributed by atoms with van der Waals surface area (Å²) >= 11 is 1.39. The first-order valence-electron chi connectivity index (χ1n) is 7.00. The molecule has 1 heterocycles. The predicted octanol–water partition coefficient (Wildman–Crippen LogP) is 3.58. The van der Waals surface area contributed by atoms with Gasteiger partial charge in [-0.15, -0.1) is 11.3 Å². The van der Waals surface area contributed by atoms with E-state index in [4.69, 9.17) is 0 Å². The van der Waals surface area contributed by atoms with Gasteiger partial charge in [0.05, 0.1) is 5.69 Å². The second-order valence-corrected chi connectivity index (χ2v) is 5.89. The molecule has 0 aliphatic carbocycles. The van der Waals surface area contributed by atoms with Gasteiger partial charge in [0.15, 0.2) is 0 Å². The first-order chi connectivity index (χ1) is 11.1. The lowest BCUT2D eigenvalue weighted by Gasteiger charge is -2.05. The van der Waals surface area contributed by atoms with Gasteiger partial charge in [0.2, 0.25) is 5.13 Å². The number of amides is 1. The second-order valence-electron chi connectivity index (χ2n) is 5.03. The molecule has 6 heteroatoms. The van der Waals surface area contributed by atoms with Crippen molar-refractivity contribution in [1.82, 2.24) is 10.4 Å². The number of rotatable bonds is 4. The molecular weight excluding hydrogens is 310 g/mol. The van der Waals surface area contributed by atoms with E-state index in [0.29, 0.717) is 10.7 Å². The SMILES string of the molecule is Cc1ccc(C(=O)NNc2nc(-c3ccc(O)cc3)cs2)cc1. The summed E-state index contributed by atoms with van der Waals surface area (Å²) in [5.74, 6) is -0.000859. The number of aromatic hydroxyl groups is 1. The van der Waals surface area contributed by atoms with Gasteiger partial charge in [-0.1, -0.05) is 17.7 Å². The molecule has 0 atom stereocenters. The monoisotopic (exact) mass is 325 g/mol. The maximum Gasteiger partial charge on any atom is 0.269 e. The average Bonchev–Trinajstić information content (AvgIpc) is 3.03. The number of benzene rings is 2. The number of nitrogens with zero attached hydrogens (tertiary/aromatic N) is 1. The van der Waals surface area contributed by atoms with Crippen LogP contribution in [0.3, 0.4) is 0 Å². The molecule has 0 saturated heterocycles. The summed E-state index contributed by atoms with van der Waals surface area (Å²) in [5, 5.41) is 11.8. The molecular formula is C17H15N3O2S. The molecule has 2 aromatic carbocycles. The van der Waals surface area contributed by atoms with Gasteiger partial charge in [-0.2, -0.15) is 0 Å². The van der Waals surface area contributed by atoms with Crippen LogP contribution in [0.2, 0.25) is 0 Å². The van der Waals surface area contributed by atoms with Gasteiger partial charge < -0.3 is 5.11 Å². The van der Waals surface area contributed by atoms with Crippen LogP contribution in [0, 0.1) is 6.92 Å². The maximum atomic E-state index is 12.0. The summed E-state index contributed by atoms with van der Waals surface area (Å²) in [6, 6.07) is 14.1. The quantitative estimate of drug-likeness (QED) is 0.641. The van der Waals surface area contributed by atoms with Gasteiger partial charge in [-0.25, -0.2) is 4.98 Å². The highest BCUT2D eigenvalue weighted by Crippen LogP contribution is 2.25. The van der Waals surface area contributed by atoms with Crippen molar-refractivity contribution < 1.29 is 9.90 Å². The zero-order valence-electron chi connectivity index (χ0n) is 12.4. The molecule has 5 nitrogen and oxygen atoms in total. The Morgan fingerprint density at radius 1 is 1.09 bits per heavy atom. The predicted molar refractivity (Wildman–Crippen MR) is 91.5 cm³/mol. The Bertz CT molecular complexity index is 811. The van der Waals surface area contributed by atoms with Crippen LogP contribution < -0.4 is 10.9 Å². The highest BCUT2D eigenvalue weighted by Gasteiger charge is 2.07. The maximum absolute atomic E-state index is 12.0. The number of carbonyl (C=O) groups excluding carboxylic acids is 1. The summed E-state index contributed by atoms with van der Waals surface area (Å²) in [6.45, 7) is 1.97. The van der Waals surface area contributed by atoms with E-state index >= 15 is 0 Å². The highest BCUT2D eigenvalue weighted by atomic mass is 32.1. The van der Waals surface area contributed by atoms with E-state index in [0.717, 1.165) is 16.8 Å². The molecule has 0 saturated carbocycles. The van der Waals surface area contributed by atoms with Crippen molar-refractivity contribution in [3.05, 3.63) is 65.0 Å². The summed E-state index contributed by atoms with van der Waals surface area (Å²) in [7, 11) is 0. The fourth-order valence-electron chi connectivity index (χ4n) is 1.98. The highest BCUT2D eigenvalue weighted by molar-refractivity contribution is 7.14. The first kappa shape index (κ1) is 15.1. The van der Waals surface area contributed by atoms with E-state index in [9.17, 15) is 9.90 Å². The molecule has 23 heavy (non-hydrogen) atoms. The van der Waals surface area contributed by atoms with Crippen molar-refractivity contribution in [3.63, 3.8) is 0 Å². The lowest BCUT2D eigenvalue weighted by molar-refractivity contribution is 0.0962. The molecule has 0 aliphatic heterocycles. The number of hydrogen-bond donors (Lipinski definition) is 3. The minimum atomic E-state index is -0.216. The Labute approximate surface area is 137 Å². The average molecular weight is 325 g/mol. The van der Waals surface area contributed by atoms with Gasteiger partial charge >= 0.3 is 0 Å². The molecule has 3 N–H and O–H groups in total. The standard InChI is InChI=1S/C17H15N3O2S/c1-11-2-4-13(5-3-11)16(22)19-20-17-18-15(10-23-17)12-6-8-14(21)9-7-12/h2-10,21H,1H3,(H,18,20)(H,19,22). The van der Waals surface area contributed by atoms with Crippen molar-refractivity contribution in [2.45, 2.75) is 6.92 Å². The van der Waals surface area contributed by atoms with Crippen LogP contribution >= 0.6 is 11.3 Å². The van der Waals surface area contributed by atoms with E-state index in [-0.39, 0.29) is 11.7 Å². The van der Waals surface area contributed by atoms with Crippen molar-refractivity contribution in [2.75, 3.05) is 5.43 Å². The van der Waals surface area contributed by atoms with Gasteiger partial charge in [0.25, 0.3) is 5.91 Å². The van der Waals surface area contributed by atoms with Crippen molar-refractivity contribution >= 4 is 22.4 Å². The Hall–Kier alpha value is -2.86. The molecule has 0 unspecified atom stereocenters. The van der Waals surface area contributed by atoms with E-state index in [1.807, 2.05) is 24.4 Å². The molecule has 3 rings (SSSR count). The number of carbonyl (C=O) groups is 1. The number of nitrogens with one attached hydrogen (secondary N) is 2.